The first kappa shape index (κ1) is 15.8. The maximum Gasteiger partial charge on any atom is 0.0862 e. The minimum absolute atomic E-state index is 0.121. The van der Waals surface area contributed by atoms with Gasteiger partial charge in [0, 0.05) is 23.8 Å². The van der Waals surface area contributed by atoms with E-state index in [0.29, 0.717) is 18.8 Å². The first-order valence-corrected chi connectivity index (χ1v) is 7.26. The monoisotopic (exact) mass is 308 g/mol. The largest absolute Gasteiger partial charge is 0.396 e. The number of halogens is 1. The van der Waals surface area contributed by atoms with Gasteiger partial charge in [-0.3, -0.25) is 9.58 Å². The van der Waals surface area contributed by atoms with Crippen LogP contribution in [0.2, 0.25) is 5.02 Å². The van der Waals surface area contributed by atoms with Gasteiger partial charge in [0.2, 0.25) is 0 Å². The lowest BCUT2D eigenvalue weighted by Gasteiger charge is -2.27. The van der Waals surface area contributed by atoms with Gasteiger partial charge >= 0.3 is 0 Å². The van der Waals surface area contributed by atoms with Crippen LogP contribution in [0.4, 0.5) is 5.69 Å². The average Bonchev–Trinajstić information content (AvgIpc) is 2.83. The van der Waals surface area contributed by atoms with Gasteiger partial charge < -0.3 is 10.8 Å². The molecule has 0 bridgehead atoms. The standard InChI is InChI=1S/C15H21ClN4O/c1-11(14-5-3-4-6-15(14)16)19(2)9-13(21)10-20-8-12(17)7-18-20/h3-8,11,13,21H,9-10,17H2,1-2H3. The summed E-state index contributed by atoms with van der Waals surface area (Å²) < 4.78 is 1.65. The Kier molecular flexibility index (Phi) is 5.22. The van der Waals surface area contributed by atoms with E-state index in [1.165, 1.54) is 0 Å². The fourth-order valence-corrected chi connectivity index (χ4v) is 2.59. The van der Waals surface area contributed by atoms with Crippen LogP contribution in [0.5, 0.6) is 0 Å². The molecule has 2 rings (SSSR count). The third-order valence-corrected chi connectivity index (χ3v) is 3.91. The highest BCUT2D eigenvalue weighted by Crippen LogP contribution is 2.26. The van der Waals surface area contributed by atoms with E-state index in [-0.39, 0.29) is 6.04 Å². The second-order valence-electron chi connectivity index (χ2n) is 5.29. The van der Waals surface area contributed by atoms with Crippen molar-refractivity contribution in [1.29, 1.82) is 0 Å². The minimum Gasteiger partial charge on any atom is -0.396 e. The summed E-state index contributed by atoms with van der Waals surface area (Å²) in [5, 5.41) is 15.0. The van der Waals surface area contributed by atoms with E-state index in [0.717, 1.165) is 10.6 Å². The van der Waals surface area contributed by atoms with Crippen LogP contribution in [0.15, 0.2) is 36.7 Å². The molecule has 0 amide bonds. The lowest BCUT2D eigenvalue weighted by molar-refractivity contribution is 0.0910. The minimum atomic E-state index is -0.528. The van der Waals surface area contributed by atoms with Crippen molar-refractivity contribution in [2.45, 2.75) is 25.6 Å². The first-order valence-electron chi connectivity index (χ1n) is 6.88. The molecule has 0 radical (unpaired) electrons. The average molecular weight is 309 g/mol. The number of rotatable bonds is 6. The molecule has 1 aromatic heterocycles. The van der Waals surface area contributed by atoms with Gasteiger partial charge in [0.15, 0.2) is 0 Å². The van der Waals surface area contributed by atoms with Gasteiger partial charge in [-0.1, -0.05) is 29.8 Å². The smallest absolute Gasteiger partial charge is 0.0862 e. The molecule has 0 saturated carbocycles. The predicted molar refractivity (Wildman–Crippen MR) is 85.1 cm³/mol. The molecule has 6 heteroatoms. The number of aromatic nitrogens is 2. The molecular formula is C15H21ClN4O. The number of hydrogen-bond acceptors (Lipinski definition) is 4. The fourth-order valence-electron chi connectivity index (χ4n) is 2.29. The third kappa shape index (κ3) is 4.20. The number of anilines is 1. The molecule has 0 spiro atoms. The highest BCUT2D eigenvalue weighted by molar-refractivity contribution is 6.31. The Labute approximate surface area is 129 Å². The van der Waals surface area contributed by atoms with E-state index in [2.05, 4.69) is 16.9 Å². The van der Waals surface area contributed by atoms with E-state index in [1.54, 1.807) is 17.1 Å². The summed E-state index contributed by atoms with van der Waals surface area (Å²) in [7, 11) is 1.97. The summed E-state index contributed by atoms with van der Waals surface area (Å²) in [6.07, 6.45) is 2.75. The Morgan fingerprint density at radius 3 is 2.76 bits per heavy atom. The summed E-state index contributed by atoms with van der Waals surface area (Å²) in [6.45, 7) is 3.00. The summed E-state index contributed by atoms with van der Waals surface area (Å²) in [4.78, 5) is 2.07. The normalized spacial score (nSPS) is 14.3. The van der Waals surface area contributed by atoms with Crippen molar-refractivity contribution in [3.05, 3.63) is 47.2 Å². The molecule has 2 atom stereocenters. The van der Waals surface area contributed by atoms with Gasteiger partial charge in [-0.05, 0) is 25.6 Å². The molecule has 0 aliphatic rings. The lowest BCUT2D eigenvalue weighted by atomic mass is 10.1. The van der Waals surface area contributed by atoms with Crippen molar-refractivity contribution in [1.82, 2.24) is 14.7 Å². The summed E-state index contributed by atoms with van der Waals surface area (Å²) in [6, 6.07) is 7.88. The zero-order chi connectivity index (χ0) is 15.4. The highest BCUT2D eigenvalue weighted by Gasteiger charge is 2.17. The van der Waals surface area contributed by atoms with Crippen LogP contribution in [0, 0.1) is 0 Å². The zero-order valence-corrected chi connectivity index (χ0v) is 13.0. The number of aliphatic hydroxyl groups is 1. The molecular weight excluding hydrogens is 288 g/mol. The molecule has 3 N–H and O–H groups in total. The topological polar surface area (TPSA) is 67.3 Å². The molecule has 0 saturated heterocycles. The van der Waals surface area contributed by atoms with E-state index in [9.17, 15) is 5.11 Å². The Morgan fingerprint density at radius 2 is 2.14 bits per heavy atom. The van der Waals surface area contributed by atoms with Gasteiger partial charge in [-0.25, -0.2) is 0 Å². The Morgan fingerprint density at radius 1 is 1.43 bits per heavy atom. The van der Waals surface area contributed by atoms with Crippen molar-refractivity contribution in [2.24, 2.45) is 0 Å². The maximum absolute atomic E-state index is 10.2. The molecule has 0 aliphatic carbocycles. The van der Waals surface area contributed by atoms with Gasteiger partial charge in [-0.2, -0.15) is 5.10 Å². The Balaban J connectivity index is 1.94. The van der Waals surface area contributed by atoms with Crippen molar-refractivity contribution in [3.63, 3.8) is 0 Å². The third-order valence-electron chi connectivity index (χ3n) is 3.57. The van der Waals surface area contributed by atoms with Crippen LogP contribution in [0.25, 0.3) is 0 Å². The SMILES string of the molecule is CC(c1ccccc1Cl)N(C)CC(O)Cn1cc(N)cn1. The number of hydrogen-bond donors (Lipinski definition) is 2. The van der Waals surface area contributed by atoms with Crippen LogP contribution in [-0.2, 0) is 6.54 Å². The van der Waals surface area contributed by atoms with Crippen LogP contribution >= 0.6 is 11.6 Å². The van der Waals surface area contributed by atoms with Crippen LogP contribution in [-0.4, -0.2) is 39.5 Å². The molecule has 1 aromatic carbocycles. The van der Waals surface area contributed by atoms with Crippen molar-refractivity contribution in [3.8, 4) is 0 Å². The first-order chi connectivity index (χ1) is 9.97. The molecule has 0 fully saturated rings. The van der Waals surface area contributed by atoms with E-state index < -0.39 is 6.10 Å². The van der Waals surface area contributed by atoms with Crippen LogP contribution < -0.4 is 5.73 Å². The molecule has 21 heavy (non-hydrogen) atoms. The fraction of sp³-hybridized carbons (Fsp3) is 0.400. The van der Waals surface area contributed by atoms with Gasteiger partial charge in [0.05, 0.1) is 24.5 Å². The van der Waals surface area contributed by atoms with Crippen molar-refractivity contribution in [2.75, 3.05) is 19.3 Å². The zero-order valence-electron chi connectivity index (χ0n) is 12.3. The highest BCUT2D eigenvalue weighted by atomic mass is 35.5. The maximum atomic E-state index is 10.2. The molecule has 2 aromatic rings. The summed E-state index contributed by atoms with van der Waals surface area (Å²) in [5.74, 6) is 0. The van der Waals surface area contributed by atoms with Gasteiger partial charge in [0.1, 0.15) is 0 Å². The molecule has 114 valence electrons. The number of benzene rings is 1. The Hall–Kier alpha value is -1.56. The molecule has 1 heterocycles. The number of nitrogen functional groups attached to an aromatic ring is 1. The van der Waals surface area contributed by atoms with Crippen molar-refractivity contribution >= 4 is 17.3 Å². The second kappa shape index (κ2) is 6.93. The number of nitrogens with two attached hydrogens (primary N) is 1. The van der Waals surface area contributed by atoms with Gasteiger partial charge in [-0.15, -0.1) is 0 Å². The lowest BCUT2D eigenvalue weighted by Crippen LogP contribution is -2.34. The van der Waals surface area contributed by atoms with E-state index >= 15 is 0 Å². The number of likely N-dealkylation sites (N-methyl/N-ethyl adjacent to an activating group) is 1. The molecule has 2 unspecified atom stereocenters. The number of aliphatic hydroxyl groups excluding tert-OH is 1. The number of nitrogens with zero attached hydrogens (tertiary/aromatic N) is 3. The van der Waals surface area contributed by atoms with E-state index in [1.807, 2.05) is 31.3 Å². The molecule has 5 nitrogen and oxygen atoms in total. The quantitative estimate of drug-likeness (QED) is 0.858. The summed E-state index contributed by atoms with van der Waals surface area (Å²) in [5.41, 5.74) is 7.26. The predicted octanol–water partition coefficient (Wildman–Crippen LogP) is 2.17. The van der Waals surface area contributed by atoms with Crippen LogP contribution in [0.1, 0.15) is 18.5 Å². The second-order valence-corrected chi connectivity index (χ2v) is 5.69. The summed E-state index contributed by atoms with van der Waals surface area (Å²) >= 11 is 6.22. The van der Waals surface area contributed by atoms with Gasteiger partial charge in [0.25, 0.3) is 0 Å². The Bertz CT molecular complexity index is 587. The molecule has 0 aliphatic heterocycles. The van der Waals surface area contributed by atoms with Crippen LogP contribution in [0.3, 0.4) is 0 Å². The van der Waals surface area contributed by atoms with E-state index in [4.69, 9.17) is 17.3 Å². The van der Waals surface area contributed by atoms with Crippen molar-refractivity contribution < 1.29 is 5.11 Å².